The molecule has 0 saturated heterocycles. The highest BCUT2D eigenvalue weighted by Gasteiger charge is 2.15. The summed E-state index contributed by atoms with van der Waals surface area (Å²) < 4.78 is 24.3. The Bertz CT molecular complexity index is 937. The molecule has 3 aromatic rings. The van der Waals surface area contributed by atoms with E-state index >= 15 is 0 Å². The molecule has 0 aliphatic carbocycles. The SMILES string of the molecule is COc1cc(C(=O)Nc2n[nH]c3cc(F)ccc23)ccc1OCC(C)C. The number of ether oxygens (including phenoxy) is 2. The molecule has 0 spiro atoms. The molecule has 2 N–H and O–H groups in total. The number of nitrogens with zero attached hydrogens (tertiary/aromatic N) is 1. The standard InChI is InChI=1S/C19H20FN3O3/c1-11(2)10-26-16-7-4-12(8-17(16)25-3)19(24)21-18-14-6-5-13(20)9-15(14)22-23-18/h4-9,11H,10H2,1-3H3,(H2,21,22,23,24). The van der Waals surface area contributed by atoms with E-state index in [4.69, 9.17) is 9.47 Å². The van der Waals surface area contributed by atoms with Crippen LogP contribution in [0.1, 0.15) is 24.2 Å². The van der Waals surface area contributed by atoms with Crippen molar-refractivity contribution in [3.05, 3.63) is 47.8 Å². The van der Waals surface area contributed by atoms with Crippen molar-refractivity contribution in [2.75, 3.05) is 19.0 Å². The van der Waals surface area contributed by atoms with Gasteiger partial charge in [0.1, 0.15) is 5.82 Å². The minimum Gasteiger partial charge on any atom is -0.493 e. The normalized spacial score (nSPS) is 11.0. The Kier molecular flexibility index (Phi) is 5.06. The second kappa shape index (κ2) is 7.43. The van der Waals surface area contributed by atoms with Crippen molar-refractivity contribution < 1.29 is 18.7 Å². The molecule has 0 saturated carbocycles. The van der Waals surface area contributed by atoms with E-state index in [1.165, 1.54) is 19.2 Å². The van der Waals surface area contributed by atoms with Crippen molar-refractivity contribution in [2.24, 2.45) is 5.92 Å². The molecule has 0 bridgehead atoms. The lowest BCUT2D eigenvalue weighted by Crippen LogP contribution is -2.13. The monoisotopic (exact) mass is 357 g/mol. The number of benzene rings is 2. The van der Waals surface area contributed by atoms with Crippen LogP contribution in [0.15, 0.2) is 36.4 Å². The quantitative estimate of drug-likeness (QED) is 0.699. The summed E-state index contributed by atoms with van der Waals surface area (Å²) in [7, 11) is 1.52. The number of amides is 1. The predicted molar refractivity (Wildman–Crippen MR) is 97.3 cm³/mol. The molecule has 1 aromatic heterocycles. The zero-order valence-electron chi connectivity index (χ0n) is 14.8. The van der Waals surface area contributed by atoms with E-state index < -0.39 is 0 Å². The number of H-pyrrole nitrogens is 1. The van der Waals surface area contributed by atoms with Gasteiger partial charge >= 0.3 is 0 Å². The molecule has 136 valence electrons. The third kappa shape index (κ3) is 3.77. The summed E-state index contributed by atoms with van der Waals surface area (Å²) in [4.78, 5) is 12.5. The molecule has 0 unspecified atom stereocenters. The maximum absolute atomic E-state index is 13.2. The summed E-state index contributed by atoms with van der Waals surface area (Å²) in [6.45, 7) is 4.65. The number of hydrogen-bond donors (Lipinski definition) is 2. The molecule has 0 fully saturated rings. The maximum Gasteiger partial charge on any atom is 0.257 e. The molecular formula is C19H20FN3O3. The molecule has 2 aromatic carbocycles. The minimum atomic E-state index is -0.374. The minimum absolute atomic E-state index is 0.337. The van der Waals surface area contributed by atoms with Crippen molar-refractivity contribution in [1.29, 1.82) is 0 Å². The molecule has 7 heteroatoms. The summed E-state index contributed by atoms with van der Waals surface area (Å²) >= 11 is 0. The Hall–Kier alpha value is -3.09. The molecule has 0 aliphatic heterocycles. The smallest absolute Gasteiger partial charge is 0.257 e. The molecule has 3 rings (SSSR count). The van der Waals surface area contributed by atoms with Gasteiger partial charge in [-0.25, -0.2) is 4.39 Å². The van der Waals surface area contributed by atoms with E-state index in [1.54, 1.807) is 24.3 Å². The van der Waals surface area contributed by atoms with Crippen LogP contribution in [-0.2, 0) is 0 Å². The number of carbonyl (C=O) groups is 1. The lowest BCUT2D eigenvalue weighted by molar-refractivity contribution is 0.102. The number of anilines is 1. The second-order valence-corrected chi connectivity index (χ2v) is 6.29. The van der Waals surface area contributed by atoms with Crippen LogP contribution in [0, 0.1) is 11.7 Å². The fraction of sp³-hybridized carbons (Fsp3) is 0.263. The Balaban J connectivity index is 1.80. The fourth-order valence-electron chi connectivity index (χ4n) is 2.45. The zero-order chi connectivity index (χ0) is 18.7. The Morgan fingerprint density at radius 3 is 2.77 bits per heavy atom. The van der Waals surface area contributed by atoms with Crippen molar-refractivity contribution in [3.63, 3.8) is 0 Å². The lowest BCUT2D eigenvalue weighted by Gasteiger charge is -2.13. The fourth-order valence-corrected chi connectivity index (χ4v) is 2.45. The summed E-state index contributed by atoms with van der Waals surface area (Å²) in [5, 5.41) is 10.1. The van der Waals surface area contributed by atoms with Crippen molar-refractivity contribution in [2.45, 2.75) is 13.8 Å². The average molecular weight is 357 g/mol. The number of hydrogen-bond acceptors (Lipinski definition) is 4. The number of methoxy groups -OCH3 is 1. The molecule has 0 radical (unpaired) electrons. The number of halogens is 1. The van der Waals surface area contributed by atoms with Gasteiger partial charge in [0.2, 0.25) is 0 Å². The van der Waals surface area contributed by atoms with Gasteiger partial charge in [0.05, 0.1) is 19.2 Å². The Morgan fingerprint density at radius 1 is 1.23 bits per heavy atom. The number of aromatic amines is 1. The first-order valence-corrected chi connectivity index (χ1v) is 8.23. The van der Waals surface area contributed by atoms with E-state index in [-0.39, 0.29) is 11.7 Å². The Labute approximate surface area is 150 Å². The van der Waals surface area contributed by atoms with Gasteiger partial charge in [0, 0.05) is 10.9 Å². The molecule has 1 amide bonds. The van der Waals surface area contributed by atoms with Gasteiger partial charge < -0.3 is 14.8 Å². The average Bonchev–Trinajstić information content (AvgIpc) is 3.01. The van der Waals surface area contributed by atoms with Gasteiger partial charge in [-0.15, -0.1) is 0 Å². The van der Waals surface area contributed by atoms with Gasteiger partial charge in [0.15, 0.2) is 17.3 Å². The first-order chi connectivity index (χ1) is 12.5. The third-order valence-electron chi connectivity index (χ3n) is 3.75. The van der Waals surface area contributed by atoms with E-state index in [0.29, 0.717) is 46.3 Å². The number of fused-ring (bicyclic) bond motifs is 1. The third-order valence-corrected chi connectivity index (χ3v) is 3.75. The Morgan fingerprint density at radius 2 is 2.04 bits per heavy atom. The highest BCUT2D eigenvalue weighted by atomic mass is 19.1. The number of nitrogens with one attached hydrogen (secondary N) is 2. The van der Waals surface area contributed by atoms with E-state index in [2.05, 4.69) is 15.5 Å². The molecule has 6 nitrogen and oxygen atoms in total. The van der Waals surface area contributed by atoms with E-state index in [9.17, 15) is 9.18 Å². The lowest BCUT2D eigenvalue weighted by atomic mass is 10.1. The van der Waals surface area contributed by atoms with Crippen LogP contribution in [0.5, 0.6) is 11.5 Å². The zero-order valence-corrected chi connectivity index (χ0v) is 14.8. The summed E-state index contributed by atoms with van der Waals surface area (Å²) in [5.41, 5.74) is 0.910. The molecule has 26 heavy (non-hydrogen) atoms. The number of aromatic nitrogens is 2. The highest BCUT2D eigenvalue weighted by Crippen LogP contribution is 2.29. The van der Waals surface area contributed by atoms with Crippen LogP contribution in [0.3, 0.4) is 0 Å². The van der Waals surface area contributed by atoms with Crippen LogP contribution in [0.2, 0.25) is 0 Å². The molecular weight excluding hydrogens is 337 g/mol. The largest absolute Gasteiger partial charge is 0.493 e. The topological polar surface area (TPSA) is 76.2 Å². The summed E-state index contributed by atoms with van der Waals surface area (Å²) in [6.07, 6.45) is 0. The summed E-state index contributed by atoms with van der Waals surface area (Å²) in [6, 6.07) is 9.17. The molecule has 1 heterocycles. The van der Waals surface area contributed by atoms with E-state index in [0.717, 1.165) is 0 Å². The maximum atomic E-state index is 13.2. The van der Waals surface area contributed by atoms with Gasteiger partial charge in [-0.2, -0.15) is 5.10 Å². The van der Waals surface area contributed by atoms with Crippen LogP contribution in [0.25, 0.3) is 10.9 Å². The predicted octanol–water partition coefficient (Wildman–Crippen LogP) is 4.00. The van der Waals surface area contributed by atoms with Gasteiger partial charge in [-0.1, -0.05) is 13.8 Å². The van der Waals surface area contributed by atoms with E-state index in [1.807, 2.05) is 13.8 Å². The molecule has 0 aliphatic rings. The number of carbonyl (C=O) groups excluding carboxylic acids is 1. The van der Waals surface area contributed by atoms with Crippen LogP contribution in [0.4, 0.5) is 10.2 Å². The van der Waals surface area contributed by atoms with Gasteiger partial charge in [0.25, 0.3) is 5.91 Å². The van der Waals surface area contributed by atoms with Crippen molar-refractivity contribution in [3.8, 4) is 11.5 Å². The van der Waals surface area contributed by atoms with Crippen LogP contribution in [-0.4, -0.2) is 29.8 Å². The molecule has 0 atom stereocenters. The van der Waals surface area contributed by atoms with Crippen molar-refractivity contribution >= 4 is 22.6 Å². The second-order valence-electron chi connectivity index (χ2n) is 6.29. The first kappa shape index (κ1) is 17.7. The van der Waals surface area contributed by atoms with Crippen molar-refractivity contribution in [1.82, 2.24) is 10.2 Å². The van der Waals surface area contributed by atoms with Gasteiger partial charge in [-0.3, -0.25) is 9.89 Å². The highest BCUT2D eigenvalue weighted by molar-refractivity contribution is 6.08. The van der Waals surface area contributed by atoms with Crippen LogP contribution >= 0.6 is 0 Å². The van der Waals surface area contributed by atoms with Crippen LogP contribution < -0.4 is 14.8 Å². The first-order valence-electron chi connectivity index (χ1n) is 8.23. The summed E-state index contributed by atoms with van der Waals surface area (Å²) in [5.74, 6) is 1.05. The number of rotatable bonds is 6. The van der Waals surface area contributed by atoms with Gasteiger partial charge in [-0.05, 0) is 42.3 Å².